The van der Waals surface area contributed by atoms with E-state index >= 15 is 0 Å². The lowest BCUT2D eigenvalue weighted by atomic mass is 10.1. The quantitative estimate of drug-likeness (QED) is 0.838. The van der Waals surface area contributed by atoms with Crippen LogP contribution >= 0.6 is 0 Å². The lowest BCUT2D eigenvalue weighted by Crippen LogP contribution is -2.41. The first-order valence-corrected chi connectivity index (χ1v) is 7.24. The van der Waals surface area contributed by atoms with E-state index in [9.17, 15) is 22.0 Å². The topological polar surface area (TPSA) is 89.7 Å². The number of nitrogens with zero attached hydrogens (tertiary/aromatic N) is 1. The zero-order valence-electron chi connectivity index (χ0n) is 10.3. The normalized spacial score (nSPS) is 16.2. The Labute approximate surface area is 114 Å². The summed E-state index contributed by atoms with van der Waals surface area (Å²) in [5.41, 5.74) is -0.530. The van der Waals surface area contributed by atoms with E-state index in [-0.39, 0.29) is 13.1 Å². The number of rotatable bonds is 2. The van der Waals surface area contributed by atoms with Crippen molar-refractivity contribution in [2.24, 2.45) is 5.14 Å². The van der Waals surface area contributed by atoms with E-state index in [2.05, 4.69) is 0 Å². The molecule has 1 fully saturated rings. The van der Waals surface area contributed by atoms with Gasteiger partial charge in [0.2, 0.25) is 10.0 Å². The average molecular weight is 306 g/mol. The molecule has 1 heterocycles. The summed E-state index contributed by atoms with van der Waals surface area (Å²) in [6.07, 6.45) is 0. The van der Waals surface area contributed by atoms with Crippen molar-refractivity contribution < 1.29 is 26.7 Å². The minimum absolute atomic E-state index is 0.250. The molecule has 1 amide bonds. The zero-order chi connectivity index (χ0) is 14.9. The third kappa shape index (κ3) is 2.94. The van der Waals surface area contributed by atoms with Gasteiger partial charge >= 0.3 is 0 Å². The molecule has 1 aromatic carbocycles. The van der Waals surface area contributed by atoms with Crippen LogP contribution in [0.1, 0.15) is 10.4 Å². The lowest BCUT2D eigenvalue weighted by molar-refractivity contribution is 0.0299. The van der Waals surface area contributed by atoms with Crippen LogP contribution in [-0.2, 0) is 14.8 Å². The van der Waals surface area contributed by atoms with E-state index < -0.39 is 38.0 Å². The van der Waals surface area contributed by atoms with Crippen molar-refractivity contribution in [1.82, 2.24) is 4.90 Å². The van der Waals surface area contributed by atoms with Gasteiger partial charge in [0.1, 0.15) is 16.5 Å². The van der Waals surface area contributed by atoms with Crippen LogP contribution < -0.4 is 5.14 Å². The second kappa shape index (κ2) is 5.43. The van der Waals surface area contributed by atoms with E-state index in [1.165, 1.54) is 4.90 Å². The monoisotopic (exact) mass is 306 g/mol. The summed E-state index contributed by atoms with van der Waals surface area (Å²) in [7, 11) is -4.37. The van der Waals surface area contributed by atoms with Crippen LogP contribution in [0.25, 0.3) is 0 Å². The maximum Gasteiger partial charge on any atom is 0.257 e. The molecule has 1 aliphatic rings. The maximum absolute atomic E-state index is 13.7. The third-order valence-corrected chi connectivity index (χ3v) is 3.78. The number of hydrogen-bond donors (Lipinski definition) is 1. The summed E-state index contributed by atoms with van der Waals surface area (Å²) < 4.78 is 54.5. The van der Waals surface area contributed by atoms with E-state index in [0.717, 1.165) is 0 Å². The smallest absolute Gasteiger partial charge is 0.257 e. The first-order valence-electron chi connectivity index (χ1n) is 5.69. The molecule has 0 radical (unpaired) electrons. The molecule has 0 saturated carbocycles. The van der Waals surface area contributed by atoms with Gasteiger partial charge in [0.05, 0.1) is 18.8 Å². The molecule has 9 heteroatoms. The van der Waals surface area contributed by atoms with Crippen LogP contribution in [0.3, 0.4) is 0 Å². The second-order valence-corrected chi connectivity index (χ2v) is 5.74. The second-order valence-electron chi connectivity index (χ2n) is 4.21. The fourth-order valence-electron chi connectivity index (χ4n) is 1.85. The molecule has 0 unspecified atom stereocenters. The first kappa shape index (κ1) is 14.8. The van der Waals surface area contributed by atoms with Crippen molar-refractivity contribution in [1.29, 1.82) is 0 Å². The van der Waals surface area contributed by atoms with Crippen molar-refractivity contribution in [3.8, 4) is 0 Å². The Morgan fingerprint density at radius 2 is 1.80 bits per heavy atom. The van der Waals surface area contributed by atoms with Gasteiger partial charge in [0, 0.05) is 19.2 Å². The average Bonchev–Trinajstić information content (AvgIpc) is 2.37. The van der Waals surface area contributed by atoms with Crippen LogP contribution in [0.4, 0.5) is 8.78 Å². The molecule has 0 atom stereocenters. The van der Waals surface area contributed by atoms with Gasteiger partial charge in [-0.05, 0) is 6.07 Å². The third-order valence-electron chi connectivity index (χ3n) is 2.86. The highest BCUT2D eigenvalue weighted by Gasteiger charge is 2.25. The Bertz CT molecular complexity index is 642. The van der Waals surface area contributed by atoms with E-state index in [1.807, 2.05) is 0 Å². The standard InChI is InChI=1S/C11H12F2N2O4S/c12-8-6-9(13)10(20(14,17)18)5-7(8)11(16)15-1-3-19-4-2-15/h5-6H,1-4H2,(H2,14,17,18). The summed E-state index contributed by atoms with van der Waals surface area (Å²) in [6, 6.07) is 0.964. The van der Waals surface area contributed by atoms with Gasteiger partial charge in [-0.15, -0.1) is 0 Å². The fourth-order valence-corrected chi connectivity index (χ4v) is 2.46. The Hall–Kier alpha value is -1.58. The number of hydrogen-bond acceptors (Lipinski definition) is 4. The number of amides is 1. The Balaban J connectivity index is 2.43. The summed E-state index contributed by atoms with van der Waals surface area (Å²) in [5.74, 6) is -3.19. The van der Waals surface area contributed by atoms with E-state index in [4.69, 9.17) is 9.88 Å². The molecule has 2 rings (SSSR count). The Morgan fingerprint density at radius 3 is 2.35 bits per heavy atom. The summed E-state index contributed by atoms with van der Waals surface area (Å²) in [5, 5.41) is 4.82. The van der Waals surface area contributed by atoms with Gasteiger partial charge in [-0.3, -0.25) is 4.79 Å². The zero-order valence-corrected chi connectivity index (χ0v) is 11.1. The maximum atomic E-state index is 13.7. The first-order chi connectivity index (χ1) is 9.30. The van der Waals surface area contributed by atoms with Crippen molar-refractivity contribution in [2.75, 3.05) is 26.3 Å². The molecular formula is C11H12F2N2O4S. The molecule has 0 aliphatic carbocycles. The Kier molecular flexibility index (Phi) is 4.02. The van der Waals surface area contributed by atoms with Crippen molar-refractivity contribution in [2.45, 2.75) is 4.90 Å². The number of primary sulfonamides is 1. The number of carbonyl (C=O) groups is 1. The van der Waals surface area contributed by atoms with E-state index in [0.29, 0.717) is 25.3 Å². The van der Waals surface area contributed by atoms with Gasteiger partial charge in [-0.25, -0.2) is 22.3 Å². The molecule has 20 heavy (non-hydrogen) atoms. The number of morpholine rings is 1. The molecule has 2 N–H and O–H groups in total. The molecule has 1 aliphatic heterocycles. The van der Waals surface area contributed by atoms with Gasteiger partial charge in [-0.2, -0.15) is 0 Å². The predicted molar refractivity (Wildman–Crippen MR) is 64.5 cm³/mol. The number of benzene rings is 1. The van der Waals surface area contributed by atoms with Gasteiger partial charge < -0.3 is 9.64 Å². The number of halogens is 2. The van der Waals surface area contributed by atoms with Crippen LogP contribution in [0.2, 0.25) is 0 Å². The van der Waals surface area contributed by atoms with Gasteiger partial charge in [0.15, 0.2) is 0 Å². The molecule has 0 aromatic heterocycles. The fraction of sp³-hybridized carbons (Fsp3) is 0.364. The number of ether oxygens (including phenoxy) is 1. The van der Waals surface area contributed by atoms with Gasteiger partial charge in [0.25, 0.3) is 5.91 Å². The Morgan fingerprint density at radius 1 is 1.20 bits per heavy atom. The molecule has 110 valence electrons. The summed E-state index contributed by atoms with van der Waals surface area (Å²) >= 11 is 0. The van der Waals surface area contributed by atoms with Crippen LogP contribution in [0, 0.1) is 11.6 Å². The van der Waals surface area contributed by atoms with E-state index in [1.54, 1.807) is 0 Å². The summed E-state index contributed by atoms with van der Waals surface area (Å²) in [4.78, 5) is 12.5. The van der Waals surface area contributed by atoms with Crippen LogP contribution in [0.5, 0.6) is 0 Å². The molecule has 1 saturated heterocycles. The molecule has 0 spiro atoms. The highest BCUT2D eigenvalue weighted by Crippen LogP contribution is 2.20. The van der Waals surface area contributed by atoms with Crippen molar-refractivity contribution in [3.05, 3.63) is 29.3 Å². The highest BCUT2D eigenvalue weighted by molar-refractivity contribution is 7.89. The SMILES string of the molecule is NS(=O)(=O)c1cc(C(=O)N2CCOCC2)c(F)cc1F. The molecule has 1 aromatic rings. The predicted octanol–water partition coefficient (Wildman–Crippen LogP) is 0.0846. The molecule has 0 bridgehead atoms. The largest absolute Gasteiger partial charge is 0.378 e. The minimum Gasteiger partial charge on any atom is -0.378 e. The number of nitrogens with two attached hydrogens (primary N) is 1. The number of sulfonamides is 1. The molecular weight excluding hydrogens is 294 g/mol. The van der Waals surface area contributed by atoms with Crippen LogP contribution in [0.15, 0.2) is 17.0 Å². The van der Waals surface area contributed by atoms with Crippen molar-refractivity contribution >= 4 is 15.9 Å². The lowest BCUT2D eigenvalue weighted by Gasteiger charge is -2.27. The van der Waals surface area contributed by atoms with Crippen LogP contribution in [-0.4, -0.2) is 45.5 Å². The number of carbonyl (C=O) groups excluding carboxylic acids is 1. The molecule has 6 nitrogen and oxygen atoms in total. The van der Waals surface area contributed by atoms with Crippen molar-refractivity contribution in [3.63, 3.8) is 0 Å². The summed E-state index contributed by atoms with van der Waals surface area (Å²) in [6.45, 7) is 1.11. The van der Waals surface area contributed by atoms with Gasteiger partial charge in [-0.1, -0.05) is 0 Å². The minimum atomic E-state index is -4.37. The highest BCUT2D eigenvalue weighted by atomic mass is 32.2.